The fourth-order valence-corrected chi connectivity index (χ4v) is 8.09. The third kappa shape index (κ3) is 10.9. The summed E-state index contributed by atoms with van der Waals surface area (Å²) in [6.45, 7) is 18.7. The number of carboxylic acids is 2. The van der Waals surface area contributed by atoms with Gasteiger partial charge in [-0.1, -0.05) is 55.7 Å². The van der Waals surface area contributed by atoms with Gasteiger partial charge in [0.2, 0.25) is 0 Å². The minimum absolute atomic E-state index is 0.0888. The summed E-state index contributed by atoms with van der Waals surface area (Å²) in [5.41, 5.74) is 11.7. The van der Waals surface area contributed by atoms with E-state index in [-0.39, 0.29) is 25.7 Å². The van der Waals surface area contributed by atoms with Crippen molar-refractivity contribution in [3.63, 3.8) is 0 Å². The van der Waals surface area contributed by atoms with Gasteiger partial charge >= 0.3 is 11.9 Å². The molecule has 4 aliphatic rings. The van der Waals surface area contributed by atoms with Crippen LogP contribution in [0.4, 0.5) is 0 Å². The molecule has 59 heavy (non-hydrogen) atoms. The summed E-state index contributed by atoms with van der Waals surface area (Å²) in [4.78, 5) is 42.0. The average molecular weight is 801 g/mol. The van der Waals surface area contributed by atoms with Crippen molar-refractivity contribution in [3.8, 4) is 0 Å². The average Bonchev–Trinajstić information content (AvgIpc) is 3.85. The first kappa shape index (κ1) is 44.5. The van der Waals surface area contributed by atoms with E-state index in [1.54, 1.807) is 18.2 Å². The Labute approximate surface area is 348 Å². The van der Waals surface area contributed by atoms with E-state index in [4.69, 9.17) is 15.0 Å². The summed E-state index contributed by atoms with van der Waals surface area (Å²) >= 11 is 0. The molecule has 4 aliphatic heterocycles. The lowest BCUT2D eigenvalue weighted by atomic mass is 9.92. The van der Waals surface area contributed by atoms with E-state index in [9.17, 15) is 30.0 Å². The molecule has 0 spiro atoms. The number of rotatable bonds is 18. The quantitative estimate of drug-likeness (QED) is 0.0733. The molecule has 10 nitrogen and oxygen atoms in total. The first-order valence-corrected chi connectivity index (χ1v) is 20.8. The molecular formula is C49H60N4O6. The monoisotopic (exact) mass is 800 g/mol. The highest BCUT2D eigenvalue weighted by molar-refractivity contribution is 6.25. The lowest BCUT2D eigenvalue weighted by Crippen LogP contribution is -2.20. The largest absolute Gasteiger partial charge is 0.515 e. The zero-order chi connectivity index (χ0) is 43.0. The number of fused-ring (bicyclic) bond motifs is 5. The maximum Gasteiger partial charge on any atom is 0.303 e. The Bertz CT molecular complexity index is 2380. The van der Waals surface area contributed by atoms with Gasteiger partial charge in [0.25, 0.3) is 0 Å². The van der Waals surface area contributed by atoms with Crippen LogP contribution in [0.3, 0.4) is 0 Å². The van der Waals surface area contributed by atoms with Crippen LogP contribution < -0.4 is 10.7 Å². The Morgan fingerprint density at radius 1 is 0.780 bits per heavy atom. The van der Waals surface area contributed by atoms with Crippen molar-refractivity contribution in [1.82, 2.24) is 4.98 Å². The molecule has 312 valence electrons. The maximum atomic E-state index is 11.9. The van der Waals surface area contributed by atoms with E-state index in [0.717, 1.165) is 88.9 Å². The Morgan fingerprint density at radius 2 is 1.46 bits per heavy atom. The second kappa shape index (κ2) is 19.9. The highest BCUT2D eigenvalue weighted by atomic mass is 16.4. The molecule has 0 aromatic carbocycles. The molecule has 10 heteroatoms. The smallest absolute Gasteiger partial charge is 0.303 e. The van der Waals surface area contributed by atoms with Gasteiger partial charge in [0.15, 0.2) is 0 Å². The van der Waals surface area contributed by atoms with Crippen LogP contribution in [0, 0.1) is 12.8 Å². The summed E-state index contributed by atoms with van der Waals surface area (Å²) in [6, 6.07) is 0. The van der Waals surface area contributed by atoms with Crippen LogP contribution >= 0.6 is 0 Å². The SMILES string of the molecule is C=Cc1c(C)c2[nH]c1=CC1=NC(=CC3=C(CCC(=O)O)/C(=C\O)C(=N3)C=C3N=C(C=2)C(C(O)CCCC(C)CC/C=C(\C)CCC=C(C)C)=C3C)C(CCC(=O)O)=C1C. The van der Waals surface area contributed by atoms with Crippen LogP contribution in [0.2, 0.25) is 0 Å². The van der Waals surface area contributed by atoms with Crippen LogP contribution in [-0.4, -0.2) is 60.6 Å². The Balaban J connectivity index is 1.55. The van der Waals surface area contributed by atoms with Gasteiger partial charge in [-0.25, -0.2) is 15.0 Å². The highest BCUT2D eigenvalue weighted by Gasteiger charge is 2.30. The van der Waals surface area contributed by atoms with Crippen molar-refractivity contribution in [3.05, 3.63) is 121 Å². The first-order chi connectivity index (χ1) is 28.1. The second-order valence-corrected chi connectivity index (χ2v) is 16.4. The molecule has 8 bridgehead atoms. The van der Waals surface area contributed by atoms with Crippen molar-refractivity contribution in [2.24, 2.45) is 20.9 Å². The fourth-order valence-electron chi connectivity index (χ4n) is 8.09. The van der Waals surface area contributed by atoms with E-state index in [1.807, 2.05) is 32.9 Å². The fraction of sp³-hybridized carbons (Fsp3) is 0.408. The normalized spacial score (nSPS) is 18.2. The van der Waals surface area contributed by atoms with E-state index in [1.165, 1.54) is 11.1 Å². The molecule has 0 amide bonds. The van der Waals surface area contributed by atoms with E-state index in [0.29, 0.717) is 57.7 Å². The molecule has 5 heterocycles. The number of aromatic amines is 1. The van der Waals surface area contributed by atoms with Gasteiger partial charge in [-0.15, -0.1) is 0 Å². The van der Waals surface area contributed by atoms with E-state index < -0.39 is 18.0 Å². The Morgan fingerprint density at radius 3 is 2.12 bits per heavy atom. The van der Waals surface area contributed by atoms with Crippen molar-refractivity contribution < 1.29 is 30.0 Å². The molecule has 0 radical (unpaired) electrons. The number of allylic oxidation sites excluding steroid dienone is 11. The number of hydrogen-bond donors (Lipinski definition) is 5. The topological polar surface area (TPSA) is 168 Å². The predicted octanol–water partition coefficient (Wildman–Crippen LogP) is 9.37. The molecule has 5 N–H and O–H groups in total. The highest BCUT2D eigenvalue weighted by Crippen LogP contribution is 2.38. The molecular weight excluding hydrogens is 741 g/mol. The minimum Gasteiger partial charge on any atom is -0.515 e. The molecule has 2 atom stereocenters. The van der Waals surface area contributed by atoms with Crippen LogP contribution in [0.25, 0.3) is 18.2 Å². The Kier molecular flexibility index (Phi) is 15.0. The third-order valence-corrected chi connectivity index (χ3v) is 11.6. The van der Waals surface area contributed by atoms with E-state index in [2.05, 4.69) is 51.4 Å². The van der Waals surface area contributed by atoms with Gasteiger partial charge in [-0.2, -0.15) is 0 Å². The summed E-state index contributed by atoms with van der Waals surface area (Å²) in [7, 11) is 0. The number of aliphatic hydroxyl groups is 2. The zero-order valence-electron chi connectivity index (χ0n) is 35.7. The van der Waals surface area contributed by atoms with Gasteiger partial charge in [-0.05, 0) is 145 Å². The number of nitrogens with zero attached hydrogens (tertiary/aromatic N) is 3. The van der Waals surface area contributed by atoms with Crippen LogP contribution in [0.5, 0.6) is 0 Å². The lowest BCUT2D eigenvalue weighted by molar-refractivity contribution is -0.137. The molecule has 0 aliphatic carbocycles. The van der Waals surface area contributed by atoms with E-state index >= 15 is 0 Å². The van der Waals surface area contributed by atoms with Crippen molar-refractivity contribution in [2.45, 2.75) is 125 Å². The number of carboxylic acid groups (broad SMARTS) is 2. The molecule has 2 unspecified atom stereocenters. The van der Waals surface area contributed by atoms with Gasteiger partial charge < -0.3 is 25.4 Å². The summed E-state index contributed by atoms with van der Waals surface area (Å²) in [5.74, 6) is -1.42. The van der Waals surface area contributed by atoms with Crippen LogP contribution in [0.1, 0.15) is 123 Å². The second-order valence-electron chi connectivity index (χ2n) is 16.4. The zero-order valence-corrected chi connectivity index (χ0v) is 35.7. The van der Waals surface area contributed by atoms with Gasteiger partial charge in [0, 0.05) is 40.2 Å². The van der Waals surface area contributed by atoms with Crippen molar-refractivity contribution >= 4 is 47.3 Å². The van der Waals surface area contributed by atoms with Gasteiger partial charge in [0.1, 0.15) is 0 Å². The van der Waals surface area contributed by atoms with Crippen molar-refractivity contribution in [2.75, 3.05) is 0 Å². The number of aliphatic imine (C=N–C) groups is 3. The number of aliphatic hydroxyl groups excluding tert-OH is 2. The van der Waals surface area contributed by atoms with Crippen LogP contribution in [0.15, 0.2) is 114 Å². The number of H-pyrrole nitrogens is 1. The Hall–Kier alpha value is -5.61. The predicted molar refractivity (Wildman–Crippen MR) is 240 cm³/mol. The number of nitrogens with one attached hydrogen (secondary N) is 1. The number of hydrogen-bond acceptors (Lipinski definition) is 7. The molecule has 0 fully saturated rings. The van der Waals surface area contributed by atoms with Crippen molar-refractivity contribution in [1.29, 1.82) is 0 Å². The molecule has 1 aromatic heterocycles. The molecule has 0 saturated carbocycles. The first-order valence-electron chi connectivity index (χ1n) is 20.8. The summed E-state index contributed by atoms with van der Waals surface area (Å²) < 4.78 is 0. The molecule has 1 aromatic rings. The number of aromatic nitrogens is 1. The maximum absolute atomic E-state index is 11.9. The number of aliphatic carboxylic acids is 2. The summed E-state index contributed by atoms with van der Waals surface area (Å²) in [6.07, 6.45) is 20.7. The standard InChI is InChI=1S/C49H60N4O6/c1-9-34-31(6)39-25-45-49(46(55)18-12-17-30(5)16-11-15-29(4)14-10-13-28(2)3)33(8)40(52-45)24-44-37(27-54)36(20-22-48(58)59)43(53-44)26-42-35(19-21-47(56)57)32(7)38(51-42)23-41(34)50-39/h9,13,15,23-27,30,46,50,54-55H,1,10-12,14,16-22H2,2-8H3,(H,56,57)(H,58,59)/b29-15+,37-27+,39-25?,40-24?,41-23?,42-26?. The third-order valence-electron chi connectivity index (χ3n) is 11.6. The van der Waals surface area contributed by atoms with Crippen LogP contribution in [-0.2, 0) is 9.59 Å². The summed E-state index contributed by atoms with van der Waals surface area (Å²) in [5, 5.41) is 43.3. The molecule has 5 rings (SSSR count). The molecule has 0 saturated heterocycles. The van der Waals surface area contributed by atoms with Gasteiger partial charge in [0.05, 0.1) is 46.6 Å². The van der Waals surface area contributed by atoms with Gasteiger partial charge in [-0.3, -0.25) is 9.59 Å². The number of carbonyl (C=O) groups is 2. The minimum atomic E-state index is -0.996. The lowest BCUT2D eigenvalue weighted by Gasteiger charge is -2.16.